The Labute approximate surface area is 121 Å². The average Bonchev–Trinajstić information content (AvgIpc) is 2.40. The lowest BCUT2D eigenvalue weighted by Gasteiger charge is -2.33. The van der Waals surface area contributed by atoms with Gasteiger partial charge in [0.25, 0.3) is 0 Å². The van der Waals surface area contributed by atoms with Crippen molar-refractivity contribution < 1.29 is 28.4 Å². The zero-order valence-corrected chi connectivity index (χ0v) is 12.8. The average molecular weight is 321 g/mol. The van der Waals surface area contributed by atoms with Gasteiger partial charge in [-0.25, -0.2) is 4.39 Å². The maximum absolute atomic E-state index is 14.5. The minimum Gasteiger partial charge on any atom is -0.488 e. The Kier molecular flexibility index (Phi) is 5.09. The molecule has 0 radical (unpaired) electrons. The van der Waals surface area contributed by atoms with Gasteiger partial charge in [0.1, 0.15) is 0 Å². The summed E-state index contributed by atoms with van der Waals surface area (Å²) in [6, 6.07) is 2.04. The van der Waals surface area contributed by atoms with Gasteiger partial charge in [-0.1, -0.05) is 13.8 Å². The highest BCUT2D eigenvalue weighted by molar-refractivity contribution is 7.53. The third-order valence-corrected chi connectivity index (χ3v) is 5.69. The summed E-state index contributed by atoms with van der Waals surface area (Å²) in [5.41, 5.74) is -0.867. The number of nitrogens with zero attached hydrogens (tertiary/aromatic N) is 1. The molecular weight excluding hydrogens is 304 g/mol. The van der Waals surface area contributed by atoms with Crippen molar-refractivity contribution in [3.05, 3.63) is 33.6 Å². The van der Waals surface area contributed by atoms with Crippen molar-refractivity contribution in [1.82, 2.24) is 0 Å². The van der Waals surface area contributed by atoms with Crippen LogP contribution < -0.4 is 4.74 Å². The number of halogens is 1. The van der Waals surface area contributed by atoms with E-state index in [2.05, 4.69) is 0 Å². The van der Waals surface area contributed by atoms with Crippen molar-refractivity contribution in [2.24, 2.45) is 0 Å². The highest BCUT2D eigenvalue weighted by Gasteiger charge is 2.48. The smallest absolute Gasteiger partial charge is 0.336 e. The predicted octanol–water partition coefficient (Wildman–Crippen LogP) is 2.94. The monoisotopic (exact) mass is 321 g/mol. The molecule has 9 heteroatoms. The largest absolute Gasteiger partial charge is 0.488 e. The summed E-state index contributed by atoms with van der Waals surface area (Å²) in [5, 5.41) is 9.10. The van der Waals surface area contributed by atoms with E-state index in [4.69, 9.17) is 4.74 Å². The Morgan fingerprint density at radius 1 is 1.38 bits per heavy atom. The Balaban J connectivity index is 3.71. The SMILES string of the molecule is CCC(CC)(c1ccc([N+](=O)[O-])c(OC)c1F)P(=O)(O)O. The van der Waals surface area contributed by atoms with Crippen LogP contribution in [-0.4, -0.2) is 21.8 Å². The standard InChI is InChI=1S/C12H17FNO6P/c1-4-12(5-2,21(17,18)19)8-6-7-9(14(15)16)11(20-3)10(8)13/h6-7H,4-5H2,1-3H3,(H2,17,18,19). The molecule has 2 N–H and O–H groups in total. The van der Waals surface area contributed by atoms with E-state index in [9.17, 15) is 28.9 Å². The molecule has 0 spiro atoms. The number of nitro benzene ring substituents is 1. The molecule has 0 saturated carbocycles. The van der Waals surface area contributed by atoms with Crippen LogP contribution in [0.25, 0.3) is 0 Å². The van der Waals surface area contributed by atoms with E-state index in [0.717, 1.165) is 19.2 Å². The summed E-state index contributed by atoms with van der Waals surface area (Å²) in [6.07, 6.45) is -0.0443. The zero-order chi connectivity index (χ0) is 16.4. The zero-order valence-electron chi connectivity index (χ0n) is 11.9. The summed E-state index contributed by atoms with van der Waals surface area (Å²) in [5.74, 6) is -1.74. The Hall–Kier alpha value is -1.50. The van der Waals surface area contributed by atoms with E-state index in [1.807, 2.05) is 0 Å². The summed E-state index contributed by atoms with van der Waals surface area (Å²) >= 11 is 0. The van der Waals surface area contributed by atoms with Gasteiger partial charge in [-0.15, -0.1) is 0 Å². The van der Waals surface area contributed by atoms with E-state index >= 15 is 0 Å². The van der Waals surface area contributed by atoms with Crippen molar-refractivity contribution in [2.45, 2.75) is 31.8 Å². The second kappa shape index (κ2) is 6.09. The molecule has 7 nitrogen and oxygen atoms in total. The molecule has 0 atom stereocenters. The molecule has 0 aliphatic heterocycles. The third-order valence-electron chi connectivity index (χ3n) is 3.71. The van der Waals surface area contributed by atoms with Crippen LogP contribution >= 0.6 is 7.60 Å². The maximum atomic E-state index is 14.5. The molecule has 118 valence electrons. The van der Waals surface area contributed by atoms with Crippen LogP contribution in [0, 0.1) is 15.9 Å². The van der Waals surface area contributed by atoms with Crippen LogP contribution in [0.15, 0.2) is 12.1 Å². The van der Waals surface area contributed by atoms with Gasteiger partial charge >= 0.3 is 13.3 Å². The molecule has 0 saturated heterocycles. The first-order chi connectivity index (χ1) is 9.66. The molecule has 0 unspecified atom stereocenters. The van der Waals surface area contributed by atoms with Gasteiger partial charge in [-0.3, -0.25) is 14.7 Å². The molecule has 0 bridgehead atoms. The molecule has 1 aromatic carbocycles. The van der Waals surface area contributed by atoms with Crippen molar-refractivity contribution in [1.29, 1.82) is 0 Å². The number of methoxy groups -OCH3 is 1. The van der Waals surface area contributed by atoms with Crippen LogP contribution in [0.4, 0.5) is 10.1 Å². The molecular formula is C12H17FNO6P. The highest BCUT2D eigenvalue weighted by Crippen LogP contribution is 2.62. The van der Waals surface area contributed by atoms with Gasteiger partial charge in [0.15, 0.2) is 5.82 Å². The van der Waals surface area contributed by atoms with Gasteiger partial charge in [-0.2, -0.15) is 0 Å². The molecule has 0 aliphatic rings. The van der Waals surface area contributed by atoms with Gasteiger partial charge < -0.3 is 14.5 Å². The van der Waals surface area contributed by atoms with Crippen LogP contribution in [0.1, 0.15) is 32.3 Å². The van der Waals surface area contributed by atoms with Gasteiger partial charge in [0, 0.05) is 11.6 Å². The molecule has 0 aliphatic carbocycles. The topological polar surface area (TPSA) is 110 Å². The lowest BCUT2D eigenvalue weighted by molar-refractivity contribution is -0.386. The number of benzene rings is 1. The Bertz CT molecular complexity index is 596. The molecule has 0 fully saturated rings. The minimum absolute atomic E-state index is 0.0222. The summed E-state index contributed by atoms with van der Waals surface area (Å²) < 4.78 is 31.1. The second-order valence-electron chi connectivity index (χ2n) is 4.52. The van der Waals surface area contributed by atoms with Crippen molar-refractivity contribution in [2.75, 3.05) is 7.11 Å². The van der Waals surface area contributed by atoms with Crippen molar-refractivity contribution in [3.63, 3.8) is 0 Å². The lowest BCUT2D eigenvalue weighted by Crippen LogP contribution is -2.26. The second-order valence-corrected chi connectivity index (χ2v) is 6.46. The van der Waals surface area contributed by atoms with Crippen molar-refractivity contribution in [3.8, 4) is 5.75 Å². The fourth-order valence-electron chi connectivity index (χ4n) is 2.44. The number of hydrogen-bond acceptors (Lipinski definition) is 4. The first-order valence-corrected chi connectivity index (χ1v) is 7.84. The normalized spacial score (nSPS) is 12.3. The first-order valence-electron chi connectivity index (χ1n) is 6.23. The Morgan fingerprint density at radius 2 is 1.90 bits per heavy atom. The third kappa shape index (κ3) is 2.79. The van der Waals surface area contributed by atoms with E-state index in [1.54, 1.807) is 0 Å². The minimum atomic E-state index is -4.69. The van der Waals surface area contributed by atoms with Gasteiger partial charge in [0.05, 0.1) is 17.2 Å². The lowest BCUT2D eigenvalue weighted by atomic mass is 9.91. The molecule has 0 aromatic heterocycles. The van der Waals surface area contributed by atoms with E-state index < -0.39 is 34.9 Å². The van der Waals surface area contributed by atoms with Crippen molar-refractivity contribution >= 4 is 13.3 Å². The number of nitro groups is 1. The number of ether oxygens (including phenoxy) is 1. The van der Waals surface area contributed by atoms with Gasteiger partial charge in [-0.05, 0) is 18.9 Å². The summed E-state index contributed by atoms with van der Waals surface area (Å²) in [4.78, 5) is 29.3. The molecule has 1 rings (SSSR count). The van der Waals surface area contributed by atoms with Crippen LogP contribution in [-0.2, 0) is 9.72 Å². The fraction of sp³-hybridized carbons (Fsp3) is 0.500. The summed E-state index contributed by atoms with van der Waals surface area (Å²) in [6.45, 7) is 3.05. The van der Waals surface area contributed by atoms with Crippen LogP contribution in [0.5, 0.6) is 5.75 Å². The quantitative estimate of drug-likeness (QED) is 0.473. The van der Waals surface area contributed by atoms with Gasteiger partial charge in [0.2, 0.25) is 5.75 Å². The number of hydrogen-bond donors (Lipinski definition) is 2. The maximum Gasteiger partial charge on any atom is 0.336 e. The van der Waals surface area contributed by atoms with E-state index in [-0.39, 0.29) is 18.4 Å². The number of rotatable bonds is 6. The van der Waals surface area contributed by atoms with E-state index in [0.29, 0.717) is 0 Å². The summed E-state index contributed by atoms with van der Waals surface area (Å²) in [7, 11) is -3.63. The fourth-order valence-corrected chi connectivity index (χ4v) is 3.75. The van der Waals surface area contributed by atoms with Crippen LogP contribution in [0.3, 0.4) is 0 Å². The van der Waals surface area contributed by atoms with Crippen LogP contribution in [0.2, 0.25) is 0 Å². The van der Waals surface area contributed by atoms with E-state index in [1.165, 1.54) is 13.8 Å². The predicted molar refractivity (Wildman–Crippen MR) is 73.9 cm³/mol. The molecule has 0 heterocycles. The highest BCUT2D eigenvalue weighted by atomic mass is 31.2. The molecule has 0 amide bonds. The molecule has 21 heavy (non-hydrogen) atoms. The Morgan fingerprint density at radius 3 is 2.24 bits per heavy atom. The first kappa shape index (κ1) is 17.6. The molecule has 1 aromatic rings.